The van der Waals surface area contributed by atoms with Crippen molar-refractivity contribution in [3.8, 4) is 11.1 Å². The summed E-state index contributed by atoms with van der Waals surface area (Å²) in [5.74, 6) is -4.69. The van der Waals surface area contributed by atoms with Crippen LogP contribution in [-0.4, -0.2) is 67.6 Å². The predicted molar refractivity (Wildman–Crippen MR) is 193 cm³/mol. The molecule has 2 aliphatic carbocycles. The van der Waals surface area contributed by atoms with Gasteiger partial charge in [0.15, 0.2) is 11.6 Å². The van der Waals surface area contributed by atoms with Crippen LogP contribution in [0.15, 0.2) is 85.5 Å². The Morgan fingerprint density at radius 3 is 2.17 bits per heavy atom. The second kappa shape index (κ2) is 13.7. The lowest BCUT2D eigenvalue weighted by Crippen LogP contribution is -2.58. The number of anilines is 1. The van der Waals surface area contributed by atoms with Crippen LogP contribution in [0.2, 0.25) is 0 Å². The fraction of sp³-hybridized carbons (Fsp3) is 0.410. The first kappa shape index (κ1) is 37.1. The molecule has 3 amide bonds. The topological polar surface area (TPSA) is 134 Å². The average Bonchev–Trinajstić information content (AvgIpc) is 4.05. The molecule has 52 heavy (non-hydrogen) atoms. The summed E-state index contributed by atoms with van der Waals surface area (Å²) >= 11 is 0. The fourth-order valence-corrected chi connectivity index (χ4v) is 8.36. The molecule has 1 aliphatic heterocycles. The maximum atomic E-state index is 14.7. The first-order valence-corrected chi connectivity index (χ1v) is 18.8. The van der Waals surface area contributed by atoms with Crippen molar-refractivity contribution >= 4 is 33.4 Å². The molecular formula is C39H44F2N4O6S. The van der Waals surface area contributed by atoms with Gasteiger partial charge in [-0.05, 0) is 53.5 Å². The van der Waals surface area contributed by atoms with Crippen LogP contribution in [0.5, 0.6) is 0 Å². The van der Waals surface area contributed by atoms with Crippen LogP contribution in [-0.2, 0) is 34.7 Å². The molecule has 3 aromatic rings. The Morgan fingerprint density at radius 2 is 1.62 bits per heavy atom. The third-order valence-electron chi connectivity index (χ3n) is 10.4. The number of sulfonamides is 1. The van der Waals surface area contributed by atoms with Crippen molar-refractivity contribution in [2.75, 3.05) is 19.0 Å². The molecule has 0 radical (unpaired) electrons. The molecule has 6 rings (SSSR count). The Kier molecular flexibility index (Phi) is 9.81. The molecule has 10 nitrogen and oxygen atoms in total. The Labute approximate surface area is 303 Å². The van der Waals surface area contributed by atoms with Gasteiger partial charge in [0.25, 0.3) is 5.91 Å². The van der Waals surface area contributed by atoms with Crippen LogP contribution < -0.4 is 15.4 Å². The molecule has 3 aromatic carbocycles. The summed E-state index contributed by atoms with van der Waals surface area (Å²) in [6, 6.07) is 18.5. The van der Waals surface area contributed by atoms with E-state index < -0.39 is 79.2 Å². The molecule has 3 fully saturated rings. The zero-order valence-electron chi connectivity index (χ0n) is 29.6. The Morgan fingerprint density at radius 1 is 0.962 bits per heavy atom. The van der Waals surface area contributed by atoms with Gasteiger partial charge in [0.1, 0.15) is 23.2 Å². The molecule has 3 aliphatic rings. The van der Waals surface area contributed by atoms with Gasteiger partial charge in [0.05, 0.1) is 11.8 Å². The van der Waals surface area contributed by atoms with Crippen LogP contribution in [0.4, 0.5) is 14.5 Å². The van der Waals surface area contributed by atoms with Gasteiger partial charge in [-0.1, -0.05) is 81.4 Å². The van der Waals surface area contributed by atoms with E-state index in [9.17, 15) is 31.6 Å². The second-order valence-corrected chi connectivity index (χ2v) is 17.0. The van der Waals surface area contributed by atoms with E-state index in [4.69, 9.17) is 4.74 Å². The molecular weight excluding hydrogens is 691 g/mol. The van der Waals surface area contributed by atoms with Crippen LogP contribution in [0, 0.1) is 23.0 Å². The summed E-state index contributed by atoms with van der Waals surface area (Å²) < 4.78 is 61.8. The van der Waals surface area contributed by atoms with Gasteiger partial charge in [-0.25, -0.2) is 17.2 Å². The van der Waals surface area contributed by atoms with Crippen molar-refractivity contribution in [1.29, 1.82) is 0 Å². The summed E-state index contributed by atoms with van der Waals surface area (Å²) in [6.45, 7) is 9.13. The average molecular weight is 735 g/mol. The quantitative estimate of drug-likeness (QED) is 0.216. The predicted octanol–water partition coefficient (Wildman–Crippen LogP) is 5.27. The van der Waals surface area contributed by atoms with Crippen molar-refractivity contribution in [2.45, 2.75) is 74.9 Å². The maximum Gasteiger partial charge on any atom is 0.259 e. The van der Waals surface area contributed by atoms with Crippen LogP contribution >= 0.6 is 0 Å². The minimum absolute atomic E-state index is 0.00459. The third kappa shape index (κ3) is 7.20. The molecule has 5 atom stereocenters. The Bertz CT molecular complexity index is 1980. The highest BCUT2D eigenvalue weighted by Crippen LogP contribution is 2.47. The van der Waals surface area contributed by atoms with E-state index in [-0.39, 0.29) is 25.1 Å². The molecule has 13 heteroatoms. The lowest BCUT2D eigenvalue weighted by molar-refractivity contribution is -0.142. The first-order valence-electron chi connectivity index (χ1n) is 17.3. The van der Waals surface area contributed by atoms with Crippen molar-refractivity contribution in [1.82, 2.24) is 14.9 Å². The van der Waals surface area contributed by atoms with Crippen molar-refractivity contribution in [3.05, 3.63) is 103 Å². The van der Waals surface area contributed by atoms with Gasteiger partial charge in [-0.2, -0.15) is 0 Å². The number of rotatable bonds is 12. The van der Waals surface area contributed by atoms with Crippen LogP contribution in [0.3, 0.4) is 0 Å². The zero-order valence-corrected chi connectivity index (χ0v) is 30.4. The fourth-order valence-electron chi connectivity index (χ4n) is 7.00. The van der Waals surface area contributed by atoms with Crippen molar-refractivity contribution in [3.63, 3.8) is 0 Å². The van der Waals surface area contributed by atoms with E-state index >= 15 is 0 Å². The number of halogens is 2. The third-order valence-corrected chi connectivity index (χ3v) is 12.2. The van der Waals surface area contributed by atoms with Gasteiger partial charge >= 0.3 is 0 Å². The van der Waals surface area contributed by atoms with Gasteiger partial charge in [0, 0.05) is 31.2 Å². The van der Waals surface area contributed by atoms with E-state index in [0.29, 0.717) is 18.4 Å². The number of likely N-dealkylation sites (tertiary alicyclic amines) is 1. The number of methoxy groups -OCH3 is 1. The zero-order chi connectivity index (χ0) is 37.6. The molecule has 276 valence electrons. The molecule has 0 aromatic heterocycles. The van der Waals surface area contributed by atoms with Crippen molar-refractivity contribution < 1.29 is 36.3 Å². The smallest absolute Gasteiger partial charge is 0.259 e. The Hall–Kier alpha value is -4.62. The normalized spacial score (nSPS) is 24.8. The summed E-state index contributed by atoms with van der Waals surface area (Å²) in [7, 11) is -2.41. The first-order chi connectivity index (χ1) is 24.5. The second-order valence-electron chi connectivity index (χ2n) is 15.1. The Balaban J connectivity index is 1.35. The summed E-state index contributed by atoms with van der Waals surface area (Å²) in [5, 5.41) is 5.22. The summed E-state index contributed by atoms with van der Waals surface area (Å²) in [5.41, 5.74) is -0.685. The van der Waals surface area contributed by atoms with Gasteiger partial charge in [0.2, 0.25) is 21.8 Å². The van der Waals surface area contributed by atoms with E-state index in [1.807, 2.05) is 54.6 Å². The molecule has 1 heterocycles. The van der Waals surface area contributed by atoms with Crippen LogP contribution in [0.25, 0.3) is 11.1 Å². The maximum absolute atomic E-state index is 14.7. The summed E-state index contributed by atoms with van der Waals surface area (Å²) in [4.78, 5) is 44.1. The van der Waals surface area contributed by atoms with Gasteiger partial charge in [-0.3, -0.25) is 19.1 Å². The molecule has 0 spiro atoms. The van der Waals surface area contributed by atoms with E-state index in [2.05, 4.69) is 21.9 Å². The monoisotopic (exact) mass is 734 g/mol. The number of carbonyl (C=O) groups is 3. The lowest BCUT2D eigenvalue weighted by Gasteiger charge is -2.36. The number of amides is 3. The number of benzene rings is 3. The number of ether oxygens (including phenoxy) is 1. The van der Waals surface area contributed by atoms with E-state index in [1.54, 1.807) is 20.8 Å². The lowest BCUT2D eigenvalue weighted by atomic mass is 9.85. The van der Waals surface area contributed by atoms with Gasteiger partial charge in [-0.15, -0.1) is 6.58 Å². The number of nitrogens with zero attached hydrogens (tertiary/aromatic N) is 1. The summed E-state index contributed by atoms with van der Waals surface area (Å²) in [6.07, 6.45) is 2.53. The number of carbonyl (C=O) groups excluding carboxylic acids is 3. The molecule has 1 unspecified atom stereocenters. The van der Waals surface area contributed by atoms with E-state index in [1.165, 1.54) is 24.2 Å². The van der Waals surface area contributed by atoms with E-state index in [0.717, 1.165) is 23.3 Å². The van der Waals surface area contributed by atoms with Gasteiger partial charge < -0.3 is 20.3 Å². The molecule has 2 saturated carbocycles. The highest BCUT2D eigenvalue weighted by molar-refractivity contribution is 7.91. The SMILES string of the molecule is C=CC1C[C@]1(NC(=O)[C@@H]1C[C@@](OC)(c2ccc(-c3ccccc3)cc2)CN1C(=O)[C@H](Nc1ccc(F)c(F)c1)C(C)(C)C)C(=O)NS(=O)(=O)C1CC1. The van der Waals surface area contributed by atoms with Crippen LogP contribution in [0.1, 0.15) is 52.0 Å². The minimum atomic E-state index is -3.91. The largest absolute Gasteiger partial charge is 0.373 e. The van der Waals surface area contributed by atoms with Crippen molar-refractivity contribution in [2.24, 2.45) is 11.3 Å². The molecule has 0 bridgehead atoms. The number of hydrogen-bond acceptors (Lipinski definition) is 7. The number of nitrogens with one attached hydrogen (secondary N) is 3. The standard InChI is InChI=1S/C39H44F2N4O6S/c1-6-26-21-39(26,36(48)44-52(49,50)29-17-18-29)43-34(46)32-22-38(51-5,27-14-12-25(13-15-27)24-10-8-7-9-11-24)23-45(32)35(47)33(37(2,3)4)42-28-16-19-30(40)31(41)20-28/h6-16,19-20,26,29,32-33,42H,1,17-18,21-23H2,2-5H3,(H,43,46)(H,44,48)/t26?,32-,33-,38-,39+/m0/s1. The number of hydrogen-bond donors (Lipinski definition) is 3. The molecule has 1 saturated heterocycles. The highest BCUT2D eigenvalue weighted by atomic mass is 32.2. The minimum Gasteiger partial charge on any atom is -0.373 e. The molecule has 3 N–H and O–H groups in total. The highest BCUT2D eigenvalue weighted by Gasteiger charge is 2.62.